The summed E-state index contributed by atoms with van der Waals surface area (Å²) in [4.78, 5) is 16.8. The highest BCUT2D eigenvalue weighted by Crippen LogP contribution is 2.23. The van der Waals surface area contributed by atoms with Gasteiger partial charge >= 0.3 is 0 Å². The Labute approximate surface area is 193 Å². The molecule has 0 saturated heterocycles. The lowest BCUT2D eigenvalue weighted by atomic mass is 10.1. The van der Waals surface area contributed by atoms with Gasteiger partial charge in [-0.3, -0.25) is 9.89 Å². The Morgan fingerprint density at radius 3 is 2.71 bits per heavy atom. The van der Waals surface area contributed by atoms with Gasteiger partial charge < -0.3 is 20.1 Å². The summed E-state index contributed by atoms with van der Waals surface area (Å²) in [6.45, 7) is 4.47. The summed E-state index contributed by atoms with van der Waals surface area (Å²) < 4.78 is 11.2. The summed E-state index contributed by atoms with van der Waals surface area (Å²) in [5.74, 6) is 1.72. The second-order valence-corrected chi connectivity index (χ2v) is 6.65. The maximum Gasteiger partial charge on any atom is 0.272 e. The van der Waals surface area contributed by atoms with Crippen LogP contribution in [-0.4, -0.2) is 34.2 Å². The van der Waals surface area contributed by atoms with Crippen LogP contribution in [0.3, 0.4) is 0 Å². The van der Waals surface area contributed by atoms with Crippen LogP contribution in [0.1, 0.15) is 34.2 Å². The second-order valence-electron chi connectivity index (χ2n) is 6.65. The molecule has 8 nitrogen and oxygen atoms in total. The lowest BCUT2D eigenvalue weighted by molar-refractivity contribution is 0.0944. The third-order valence-electron chi connectivity index (χ3n) is 4.63. The first-order valence-corrected chi connectivity index (χ1v) is 9.63. The van der Waals surface area contributed by atoms with E-state index in [4.69, 9.17) is 9.47 Å². The van der Waals surface area contributed by atoms with Crippen molar-refractivity contribution in [2.45, 2.75) is 26.4 Å². The number of nitrogens with zero attached hydrogens (tertiary/aromatic N) is 2. The van der Waals surface area contributed by atoms with Crippen LogP contribution in [0.5, 0.6) is 17.4 Å². The molecule has 1 amide bonds. The fraction of sp³-hybridized carbons (Fsp3) is 0.286. The lowest BCUT2D eigenvalue weighted by Crippen LogP contribution is -2.28. The van der Waals surface area contributed by atoms with Crippen LogP contribution >= 0.6 is 24.8 Å². The number of fused-ring (bicyclic) bond motifs is 1. The molecule has 2 aromatic heterocycles. The number of benzene rings is 1. The molecule has 0 aliphatic carbocycles. The molecule has 31 heavy (non-hydrogen) atoms. The normalized spacial score (nSPS) is 12.0. The smallest absolute Gasteiger partial charge is 0.272 e. The highest BCUT2D eigenvalue weighted by atomic mass is 35.5. The third kappa shape index (κ3) is 6.10. The summed E-state index contributed by atoms with van der Waals surface area (Å²) in [5.41, 5.74) is 3.32. The number of aromatic amines is 1. The molecule has 3 heterocycles. The number of H-pyrrole nitrogens is 1. The highest BCUT2D eigenvalue weighted by Gasteiger charge is 2.21. The fourth-order valence-electron chi connectivity index (χ4n) is 3.19. The van der Waals surface area contributed by atoms with E-state index in [1.165, 1.54) is 0 Å². The first-order valence-electron chi connectivity index (χ1n) is 9.63. The number of pyridine rings is 1. The quantitative estimate of drug-likeness (QED) is 0.494. The summed E-state index contributed by atoms with van der Waals surface area (Å²) in [5, 5.41) is 13.3. The van der Waals surface area contributed by atoms with Crippen LogP contribution in [0.4, 0.5) is 0 Å². The van der Waals surface area contributed by atoms with Gasteiger partial charge in [0.25, 0.3) is 5.91 Å². The van der Waals surface area contributed by atoms with Crippen LogP contribution in [-0.2, 0) is 19.5 Å². The van der Waals surface area contributed by atoms with Gasteiger partial charge in [-0.1, -0.05) is 0 Å². The Morgan fingerprint density at radius 1 is 1.16 bits per heavy atom. The van der Waals surface area contributed by atoms with Crippen molar-refractivity contribution in [3.8, 4) is 17.4 Å². The molecule has 4 rings (SSSR count). The highest BCUT2D eigenvalue weighted by molar-refractivity contribution is 5.94. The van der Waals surface area contributed by atoms with E-state index in [0.29, 0.717) is 37.0 Å². The predicted octanol–water partition coefficient (Wildman–Crippen LogP) is 3.42. The summed E-state index contributed by atoms with van der Waals surface area (Å²) in [6.07, 6.45) is 2.51. The van der Waals surface area contributed by atoms with E-state index in [0.717, 1.165) is 35.5 Å². The van der Waals surface area contributed by atoms with E-state index in [2.05, 4.69) is 25.8 Å². The van der Waals surface area contributed by atoms with Crippen LogP contribution < -0.4 is 20.1 Å². The SMILES string of the molecule is CCOc1ccc(Oc2cc(CNC(=O)c3n[nH]c4c3CNCC4)ccn2)cc1.Cl.Cl. The van der Waals surface area contributed by atoms with E-state index in [1.54, 1.807) is 12.3 Å². The number of amides is 1. The van der Waals surface area contributed by atoms with Crippen molar-refractivity contribution in [3.05, 3.63) is 65.1 Å². The van der Waals surface area contributed by atoms with E-state index in [1.807, 2.05) is 37.3 Å². The average Bonchev–Trinajstić information content (AvgIpc) is 3.18. The van der Waals surface area contributed by atoms with Gasteiger partial charge in [0.05, 0.1) is 6.61 Å². The van der Waals surface area contributed by atoms with E-state index in [-0.39, 0.29) is 30.7 Å². The molecule has 3 aromatic rings. The van der Waals surface area contributed by atoms with Crippen molar-refractivity contribution in [2.24, 2.45) is 0 Å². The molecule has 10 heteroatoms. The number of hydrogen-bond acceptors (Lipinski definition) is 6. The van der Waals surface area contributed by atoms with E-state index >= 15 is 0 Å². The number of nitrogens with one attached hydrogen (secondary N) is 3. The number of aromatic nitrogens is 3. The van der Waals surface area contributed by atoms with Crippen molar-refractivity contribution in [1.29, 1.82) is 0 Å². The number of halogens is 2. The van der Waals surface area contributed by atoms with Crippen molar-refractivity contribution in [1.82, 2.24) is 25.8 Å². The van der Waals surface area contributed by atoms with Gasteiger partial charge in [0.15, 0.2) is 5.69 Å². The molecular weight excluding hydrogens is 441 g/mol. The molecule has 0 spiro atoms. The largest absolute Gasteiger partial charge is 0.494 e. The van der Waals surface area contributed by atoms with Crippen LogP contribution in [0, 0.1) is 0 Å². The topological polar surface area (TPSA) is 101 Å². The van der Waals surface area contributed by atoms with Gasteiger partial charge in [0.1, 0.15) is 11.5 Å². The van der Waals surface area contributed by atoms with Gasteiger partial charge in [-0.2, -0.15) is 5.10 Å². The first kappa shape index (κ1) is 24.5. The molecule has 0 radical (unpaired) electrons. The number of carbonyl (C=O) groups excluding carboxylic acids is 1. The molecule has 0 atom stereocenters. The third-order valence-corrected chi connectivity index (χ3v) is 4.63. The molecule has 0 bridgehead atoms. The number of hydrogen-bond donors (Lipinski definition) is 3. The fourth-order valence-corrected chi connectivity index (χ4v) is 3.19. The van der Waals surface area contributed by atoms with Crippen molar-refractivity contribution in [2.75, 3.05) is 13.2 Å². The molecule has 0 unspecified atom stereocenters. The predicted molar refractivity (Wildman–Crippen MR) is 122 cm³/mol. The van der Waals surface area contributed by atoms with Gasteiger partial charge in [-0.05, 0) is 42.8 Å². The Balaban J connectivity index is 0.00000171. The number of ether oxygens (including phenoxy) is 2. The zero-order chi connectivity index (χ0) is 20.1. The Hall–Kier alpha value is -2.81. The molecule has 166 valence electrons. The average molecular weight is 466 g/mol. The Bertz CT molecular complexity index is 995. The molecule has 1 aliphatic heterocycles. The van der Waals surface area contributed by atoms with Gasteiger partial charge in [0, 0.05) is 49.6 Å². The second kappa shape index (κ2) is 11.5. The van der Waals surface area contributed by atoms with E-state index < -0.39 is 0 Å². The van der Waals surface area contributed by atoms with Crippen molar-refractivity contribution < 1.29 is 14.3 Å². The summed E-state index contributed by atoms with van der Waals surface area (Å²) in [6, 6.07) is 11.0. The Kier molecular flexibility index (Phi) is 9.11. The van der Waals surface area contributed by atoms with Crippen molar-refractivity contribution in [3.63, 3.8) is 0 Å². The van der Waals surface area contributed by atoms with E-state index in [9.17, 15) is 4.79 Å². The van der Waals surface area contributed by atoms with Crippen LogP contribution in [0.25, 0.3) is 0 Å². The standard InChI is InChI=1S/C21H23N5O3.2ClH/c1-2-28-15-3-5-16(6-4-15)29-19-11-14(7-10-23-19)12-24-21(27)20-17-13-22-9-8-18(17)25-26-20;;/h3-7,10-11,22H,2,8-9,12-13H2,1H3,(H,24,27)(H,25,26);2*1H. The minimum absolute atomic E-state index is 0. The summed E-state index contributed by atoms with van der Waals surface area (Å²) in [7, 11) is 0. The maximum absolute atomic E-state index is 12.5. The summed E-state index contributed by atoms with van der Waals surface area (Å²) >= 11 is 0. The van der Waals surface area contributed by atoms with Gasteiger partial charge in [-0.15, -0.1) is 24.8 Å². The maximum atomic E-state index is 12.5. The number of carbonyl (C=O) groups is 1. The molecule has 1 aliphatic rings. The first-order chi connectivity index (χ1) is 14.2. The monoisotopic (exact) mass is 465 g/mol. The zero-order valence-corrected chi connectivity index (χ0v) is 18.6. The minimum Gasteiger partial charge on any atom is -0.494 e. The molecule has 3 N–H and O–H groups in total. The van der Waals surface area contributed by atoms with Crippen LogP contribution in [0.2, 0.25) is 0 Å². The molecule has 0 saturated carbocycles. The molecular formula is C21H25Cl2N5O3. The lowest BCUT2D eigenvalue weighted by Gasteiger charge is -2.13. The van der Waals surface area contributed by atoms with Gasteiger partial charge in [-0.25, -0.2) is 4.98 Å². The molecule has 1 aromatic carbocycles. The van der Waals surface area contributed by atoms with Crippen molar-refractivity contribution >= 4 is 30.7 Å². The zero-order valence-electron chi connectivity index (χ0n) is 17.0. The minimum atomic E-state index is -0.197. The number of rotatable bonds is 7. The van der Waals surface area contributed by atoms with Gasteiger partial charge in [0.2, 0.25) is 5.88 Å². The van der Waals surface area contributed by atoms with Crippen LogP contribution in [0.15, 0.2) is 42.6 Å². The molecule has 0 fully saturated rings. The Morgan fingerprint density at radius 2 is 1.94 bits per heavy atom.